The van der Waals surface area contributed by atoms with Crippen molar-refractivity contribution in [3.8, 4) is 11.3 Å². The number of rotatable bonds is 6. The first-order valence-electron chi connectivity index (χ1n) is 9.54. The van der Waals surface area contributed by atoms with Crippen LogP contribution in [0.3, 0.4) is 0 Å². The van der Waals surface area contributed by atoms with Crippen molar-refractivity contribution in [1.82, 2.24) is 19.9 Å². The van der Waals surface area contributed by atoms with Gasteiger partial charge in [-0.1, -0.05) is 54.6 Å². The van der Waals surface area contributed by atoms with Crippen molar-refractivity contribution in [3.63, 3.8) is 0 Å². The SMILES string of the molecule is Cc1nc(-c2ccccc2)ccc1C(=O)NCc1ccc(Cn2ccnc2)cc1. The lowest BCUT2D eigenvalue weighted by molar-refractivity contribution is 0.0950. The molecular formula is C24H22N4O. The highest BCUT2D eigenvalue weighted by atomic mass is 16.1. The van der Waals surface area contributed by atoms with Gasteiger partial charge < -0.3 is 9.88 Å². The maximum atomic E-state index is 12.6. The Morgan fingerprint density at radius 1 is 0.966 bits per heavy atom. The van der Waals surface area contributed by atoms with Gasteiger partial charge in [0.25, 0.3) is 5.91 Å². The Kier molecular flexibility index (Phi) is 5.47. The normalized spacial score (nSPS) is 10.7. The van der Waals surface area contributed by atoms with Crippen molar-refractivity contribution in [2.45, 2.75) is 20.0 Å². The maximum absolute atomic E-state index is 12.6. The summed E-state index contributed by atoms with van der Waals surface area (Å²) in [5, 5.41) is 2.99. The van der Waals surface area contributed by atoms with E-state index >= 15 is 0 Å². The second-order valence-electron chi connectivity index (χ2n) is 6.93. The number of hydrogen-bond acceptors (Lipinski definition) is 3. The molecule has 0 saturated heterocycles. The highest BCUT2D eigenvalue weighted by molar-refractivity contribution is 5.95. The Morgan fingerprint density at radius 2 is 1.72 bits per heavy atom. The largest absolute Gasteiger partial charge is 0.348 e. The molecule has 0 saturated carbocycles. The van der Waals surface area contributed by atoms with Crippen LogP contribution in [0.4, 0.5) is 0 Å². The second-order valence-corrected chi connectivity index (χ2v) is 6.93. The van der Waals surface area contributed by atoms with Gasteiger partial charge in [-0.25, -0.2) is 4.98 Å². The average Bonchev–Trinajstić information content (AvgIpc) is 3.26. The van der Waals surface area contributed by atoms with Gasteiger partial charge >= 0.3 is 0 Å². The van der Waals surface area contributed by atoms with Crippen molar-refractivity contribution in [2.24, 2.45) is 0 Å². The number of benzene rings is 2. The fourth-order valence-corrected chi connectivity index (χ4v) is 3.20. The lowest BCUT2D eigenvalue weighted by Gasteiger charge is -2.10. The molecular weight excluding hydrogens is 360 g/mol. The molecule has 1 N–H and O–H groups in total. The lowest BCUT2D eigenvalue weighted by Crippen LogP contribution is -2.24. The molecule has 4 rings (SSSR count). The fraction of sp³-hybridized carbons (Fsp3) is 0.125. The summed E-state index contributed by atoms with van der Waals surface area (Å²) in [6.07, 6.45) is 5.51. The number of hydrogen-bond donors (Lipinski definition) is 1. The van der Waals surface area contributed by atoms with E-state index in [0.717, 1.165) is 29.1 Å². The highest BCUT2D eigenvalue weighted by Crippen LogP contribution is 2.18. The molecule has 2 aromatic heterocycles. The molecule has 4 aromatic rings. The third-order valence-electron chi connectivity index (χ3n) is 4.80. The van der Waals surface area contributed by atoms with Crippen LogP contribution in [0.2, 0.25) is 0 Å². The molecule has 2 aromatic carbocycles. The number of amides is 1. The van der Waals surface area contributed by atoms with Gasteiger partial charge in [-0.2, -0.15) is 0 Å². The highest BCUT2D eigenvalue weighted by Gasteiger charge is 2.11. The quantitative estimate of drug-likeness (QED) is 0.543. The molecule has 0 bridgehead atoms. The van der Waals surface area contributed by atoms with E-state index in [4.69, 9.17) is 0 Å². The standard InChI is InChI=1S/C24H22N4O/c1-18-22(11-12-23(27-18)21-5-3-2-4-6-21)24(29)26-15-19-7-9-20(10-8-19)16-28-14-13-25-17-28/h2-14,17H,15-16H2,1H3,(H,26,29). The van der Waals surface area contributed by atoms with E-state index in [0.29, 0.717) is 12.1 Å². The topological polar surface area (TPSA) is 59.8 Å². The summed E-state index contributed by atoms with van der Waals surface area (Å²) in [6.45, 7) is 3.13. The molecule has 2 heterocycles. The van der Waals surface area contributed by atoms with Crippen molar-refractivity contribution >= 4 is 5.91 Å². The van der Waals surface area contributed by atoms with E-state index in [9.17, 15) is 4.79 Å². The van der Waals surface area contributed by atoms with E-state index in [1.54, 1.807) is 12.5 Å². The molecule has 0 aliphatic carbocycles. The van der Waals surface area contributed by atoms with Gasteiger partial charge in [-0.3, -0.25) is 9.78 Å². The molecule has 0 unspecified atom stereocenters. The molecule has 29 heavy (non-hydrogen) atoms. The van der Waals surface area contributed by atoms with E-state index in [1.807, 2.05) is 72.3 Å². The number of nitrogens with one attached hydrogen (secondary N) is 1. The van der Waals surface area contributed by atoms with E-state index in [1.165, 1.54) is 5.56 Å². The second kappa shape index (κ2) is 8.52. The molecule has 1 amide bonds. The van der Waals surface area contributed by atoms with Crippen molar-refractivity contribution in [2.75, 3.05) is 0 Å². The van der Waals surface area contributed by atoms with Gasteiger partial charge in [0.15, 0.2) is 0 Å². The Hall–Kier alpha value is -3.73. The van der Waals surface area contributed by atoms with Crippen LogP contribution in [0.1, 0.15) is 27.2 Å². The van der Waals surface area contributed by atoms with Crippen LogP contribution >= 0.6 is 0 Å². The molecule has 0 fully saturated rings. The number of nitrogens with zero attached hydrogens (tertiary/aromatic N) is 3. The van der Waals surface area contributed by atoms with Crippen molar-refractivity contribution in [3.05, 3.63) is 108 Å². The zero-order valence-corrected chi connectivity index (χ0v) is 16.2. The van der Waals surface area contributed by atoms with Gasteiger partial charge in [0.2, 0.25) is 0 Å². The maximum Gasteiger partial charge on any atom is 0.253 e. The van der Waals surface area contributed by atoms with Crippen LogP contribution in [-0.4, -0.2) is 20.4 Å². The van der Waals surface area contributed by atoms with Crippen molar-refractivity contribution < 1.29 is 4.79 Å². The van der Waals surface area contributed by atoms with Gasteiger partial charge in [-0.05, 0) is 30.2 Å². The number of carbonyl (C=O) groups excluding carboxylic acids is 1. The third kappa shape index (κ3) is 4.58. The first-order chi connectivity index (χ1) is 14.2. The molecule has 0 aliphatic heterocycles. The number of pyridine rings is 1. The summed E-state index contributed by atoms with van der Waals surface area (Å²) in [6, 6.07) is 21.9. The Labute approximate surface area is 170 Å². The zero-order valence-electron chi connectivity index (χ0n) is 16.2. The Morgan fingerprint density at radius 3 is 2.41 bits per heavy atom. The predicted octanol–water partition coefficient (Wildman–Crippen LogP) is 4.23. The van der Waals surface area contributed by atoms with Crippen LogP contribution in [0.5, 0.6) is 0 Å². The van der Waals surface area contributed by atoms with Crippen molar-refractivity contribution in [1.29, 1.82) is 0 Å². The van der Waals surface area contributed by atoms with Crippen LogP contribution in [0.25, 0.3) is 11.3 Å². The monoisotopic (exact) mass is 382 g/mol. The number of aryl methyl sites for hydroxylation is 1. The molecule has 0 spiro atoms. The van der Waals surface area contributed by atoms with E-state index in [2.05, 4.69) is 27.4 Å². The number of aromatic nitrogens is 3. The number of carbonyl (C=O) groups is 1. The summed E-state index contributed by atoms with van der Waals surface area (Å²) in [7, 11) is 0. The molecule has 0 radical (unpaired) electrons. The molecule has 0 aliphatic rings. The van der Waals surface area contributed by atoms with Crippen LogP contribution in [-0.2, 0) is 13.1 Å². The van der Waals surface area contributed by atoms with Gasteiger partial charge in [0, 0.05) is 31.0 Å². The minimum Gasteiger partial charge on any atom is -0.348 e. The molecule has 5 heteroatoms. The minimum atomic E-state index is -0.114. The van der Waals surface area contributed by atoms with E-state index < -0.39 is 0 Å². The average molecular weight is 382 g/mol. The minimum absolute atomic E-state index is 0.114. The van der Waals surface area contributed by atoms with Crippen LogP contribution in [0.15, 0.2) is 85.5 Å². The smallest absolute Gasteiger partial charge is 0.253 e. The Bertz CT molecular complexity index is 1090. The summed E-state index contributed by atoms with van der Waals surface area (Å²) >= 11 is 0. The molecule has 0 atom stereocenters. The first kappa shape index (κ1) is 18.6. The van der Waals surface area contributed by atoms with Gasteiger partial charge in [0.1, 0.15) is 0 Å². The fourth-order valence-electron chi connectivity index (χ4n) is 3.20. The third-order valence-corrected chi connectivity index (χ3v) is 4.80. The zero-order chi connectivity index (χ0) is 20.1. The van der Waals surface area contributed by atoms with E-state index in [-0.39, 0.29) is 5.91 Å². The van der Waals surface area contributed by atoms with Crippen LogP contribution in [0, 0.1) is 6.92 Å². The summed E-state index contributed by atoms with van der Waals surface area (Å²) in [4.78, 5) is 21.3. The lowest BCUT2D eigenvalue weighted by atomic mass is 10.1. The molecule has 5 nitrogen and oxygen atoms in total. The summed E-state index contributed by atoms with van der Waals surface area (Å²) in [5.41, 5.74) is 5.47. The first-order valence-corrected chi connectivity index (χ1v) is 9.54. The van der Waals surface area contributed by atoms with Crippen LogP contribution < -0.4 is 5.32 Å². The summed E-state index contributed by atoms with van der Waals surface area (Å²) in [5.74, 6) is -0.114. The number of imidazole rings is 1. The molecule has 144 valence electrons. The Balaban J connectivity index is 1.38. The summed E-state index contributed by atoms with van der Waals surface area (Å²) < 4.78 is 2.02. The predicted molar refractivity (Wildman–Crippen MR) is 113 cm³/mol. The van der Waals surface area contributed by atoms with Gasteiger partial charge in [0.05, 0.1) is 23.3 Å². The van der Waals surface area contributed by atoms with Gasteiger partial charge in [-0.15, -0.1) is 0 Å².